The molecule has 0 spiro atoms. The van der Waals surface area contributed by atoms with Gasteiger partial charge in [0.25, 0.3) is 0 Å². The summed E-state index contributed by atoms with van der Waals surface area (Å²) in [6, 6.07) is 15.8. The van der Waals surface area contributed by atoms with Crippen molar-refractivity contribution in [2.24, 2.45) is 0 Å². The summed E-state index contributed by atoms with van der Waals surface area (Å²) in [5.41, 5.74) is 0.784. The molecular formula is C16H16N4OS. The Bertz CT molecular complexity index is 757. The van der Waals surface area contributed by atoms with Crippen molar-refractivity contribution < 1.29 is 4.79 Å². The number of thioether (sulfide) groups is 1. The number of nitrogens with one attached hydrogen (secondary N) is 1. The number of carbonyl (C=O) groups is 1. The van der Waals surface area contributed by atoms with E-state index in [-0.39, 0.29) is 5.91 Å². The standard InChI is InChI=1S/C16H16N4OS/c21-16(9-11-22-13-6-2-1-3-7-13)17-12-15-19-18-14-8-4-5-10-20(14)15/h1-8,10H,9,11-12H2,(H,17,21). The van der Waals surface area contributed by atoms with Crippen LogP contribution in [0.4, 0.5) is 0 Å². The number of pyridine rings is 1. The van der Waals surface area contributed by atoms with Crippen LogP contribution in [-0.2, 0) is 11.3 Å². The average molecular weight is 312 g/mol. The number of benzene rings is 1. The van der Waals surface area contributed by atoms with Crippen molar-refractivity contribution >= 4 is 23.3 Å². The van der Waals surface area contributed by atoms with Gasteiger partial charge in [-0.1, -0.05) is 24.3 Å². The number of aromatic nitrogens is 3. The molecule has 3 rings (SSSR count). The van der Waals surface area contributed by atoms with Crippen LogP contribution in [0.15, 0.2) is 59.6 Å². The van der Waals surface area contributed by atoms with Gasteiger partial charge in [-0.15, -0.1) is 22.0 Å². The summed E-state index contributed by atoms with van der Waals surface area (Å²) in [5, 5.41) is 11.0. The highest BCUT2D eigenvalue weighted by Crippen LogP contribution is 2.17. The quantitative estimate of drug-likeness (QED) is 0.711. The van der Waals surface area contributed by atoms with E-state index in [1.807, 2.05) is 59.1 Å². The Morgan fingerprint density at radius 1 is 1.09 bits per heavy atom. The zero-order valence-corrected chi connectivity index (χ0v) is 12.8. The second-order valence-electron chi connectivity index (χ2n) is 4.73. The fourth-order valence-corrected chi connectivity index (χ4v) is 2.93. The molecule has 3 aromatic rings. The molecule has 0 atom stereocenters. The molecule has 0 aliphatic carbocycles. The molecule has 6 heteroatoms. The monoisotopic (exact) mass is 312 g/mol. The van der Waals surface area contributed by atoms with Crippen LogP contribution in [-0.4, -0.2) is 26.3 Å². The van der Waals surface area contributed by atoms with Crippen molar-refractivity contribution in [3.8, 4) is 0 Å². The Kier molecular flexibility index (Phi) is 4.70. The number of fused-ring (bicyclic) bond motifs is 1. The van der Waals surface area contributed by atoms with E-state index in [2.05, 4.69) is 15.5 Å². The molecule has 0 aliphatic rings. The van der Waals surface area contributed by atoms with Crippen molar-refractivity contribution in [2.45, 2.75) is 17.9 Å². The minimum Gasteiger partial charge on any atom is -0.349 e. The van der Waals surface area contributed by atoms with Gasteiger partial charge in [-0.3, -0.25) is 9.20 Å². The van der Waals surface area contributed by atoms with Gasteiger partial charge in [0.15, 0.2) is 11.5 Å². The third-order valence-electron chi connectivity index (χ3n) is 3.17. The predicted octanol–water partition coefficient (Wildman–Crippen LogP) is 2.53. The Morgan fingerprint density at radius 2 is 1.91 bits per heavy atom. The fourth-order valence-electron chi connectivity index (χ4n) is 2.06. The molecule has 0 radical (unpaired) electrons. The largest absolute Gasteiger partial charge is 0.349 e. The second kappa shape index (κ2) is 7.09. The number of amides is 1. The first kappa shape index (κ1) is 14.6. The molecule has 1 aromatic carbocycles. The van der Waals surface area contributed by atoms with Gasteiger partial charge >= 0.3 is 0 Å². The molecule has 1 N–H and O–H groups in total. The molecular weight excluding hydrogens is 296 g/mol. The highest BCUT2D eigenvalue weighted by molar-refractivity contribution is 7.99. The molecule has 0 bridgehead atoms. The highest BCUT2D eigenvalue weighted by atomic mass is 32.2. The highest BCUT2D eigenvalue weighted by Gasteiger charge is 2.07. The molecule has 0 saturated carbocycles. The molecule has 0 aliphatic heterocycles. The molecule has 5 nitrogen and oxygen atoms in total. The maximum Gasteiger partial charge on any atom is 0.221 e. The second-order valence-corrected chi connectivity index (χ2v) is 5.90. The van der Waals surface area contributed by atoms with Crippen LogP contribution >= 0.6 is 11.8 Å². The minimum atomic E-state index is 0.0242. The van der Waals surface area contributed by atoms with Gasteiger partial charge in [0, 0.05) is 23.3 Å². The molecule has 1 amide bonds. The molecule has 0 saturated heterocycles. The molecule has 0 fully saturated rings. The zero-order valence-electron chi connectivity index (χ0n) is 12.0. The smallest absolute Gasteiger partial charge is 0.221 e. The number of hydrogen-bond acceptors (Lipinski definition) is 4. The zero-order chi connectivity index (χ0) is 15.2. The Balaban J connectivity index is 1.46. The van der Waals surface area contributed by atoms with Crippen LogP contribution in [0.1, 0.15) is 12.2 Å². The van der Waals surface area contributed by atoms with Gasteiger partial charge in [-0.25, -0.2) is 0 Å². The van der Waals surface area contributed by atoms with E-state index < -0.39 is 0 Å². The van der Waals surface area contributed by atoms with Crippen molar-refractivity contribution in [2.75, 3.05) is 5.75 Å². The number of hydrogen-bond donors (Lipinski definition) is 1. The minimum absolute atomic E-state index is 0.0242. The Labute approximate surface area is 132 Å². The third-order valence-corrected chi connectivity index (χ3v) is 4.18. The Hall–Kier alpha value is -2.34. The first-order valence-electron chi connectivity index (χ1n) is 7.06. The van der Waals surface area contributed by atoms with E-state index in [9.17, 15) is 4.79 Å². The summed E-state index contributed by atoms with van der Waals surface area (Å²) in [4.78, 5) is 13.1. The maximum absolute atomic E-state index is 11.9. The lowest BCUT2D eigenvalue weighted by Gasteiger charge is -2.04. The van der Waals surface area contributed by atoms with E-state index in [1.165, 1.54) is 4.90 Å². The van der Waals surface area contributed by atoms with Gasteiger partial charge in [0.05, 0.1) is 6.54 Å². The van der Waals surface area contributed by atoms with Crippen molar-refractivity contribution in [1.82, 2.24) is 19.9 Å². The summed E-state index contributed by atoms with van der Waals surface area (Å²) in [5.74, 6) is 1.52. The summed E-state index contributed by atoms with van der Waals surface area (Å²) in [6.07, 6.45) is 2.37. The van der Waals surface area contributed by atoms with Crippen molar-refractivity contribution in [3.63, 3.8) is 0 Å². The van der Waals surface area contributed by atoms with Crippen LogP contribution < -0.4 is 5.32 Å². The lowest BCUT2D eigenvalue weighted by Crippen LogP contribution is -2.24. The van der Waals surface area contributed by atoms with Crippen LogP contribution in [0.25, 0.3) is 5.65 Å². The van der Waals surface area contributed by atoms with Gasteiger partial charge in [-0.05, 0) is 24.3 Å². The van der Waals surface area contributed by atoms with E-state index in [0.717, 1.165) is 17.2 Å². The fraction of sp³-hybridized carbons (Fsp3) is 0.188. The first-order valence-corrected chi connectivity index (χ1v) is 8.05. The molecule has 0 unspecified atom stereocenters. The van der Waals surface area contributed by atoms with Gasteiger partial charge in [-0.2, -0.15) is 0 Å². The lowest BCUT2D eigenvalue weighted by molar-refractivity contribution is -0.120. The van der Waals surface area contributed by atoms with Gasteiger partial charge in [0.2, 0.25) is 5.91 Å². The van der Waals surface area contributed by atoms with Crippen molar-refractivity contribution in [3.05, 3.63) is 60.6 Å². The summed E-state index contributed by atoms with van der Waals surface area (Å²) >= 11 is 1.68. The average Bonchev–Trinajstić information content (AvgIpc) is 2.97. The van der Waals surface area contributed by atoms with Crippen LogP contribution in [0.5, 0.6) is 0 Å². The lowest BCUT2D eigenvalue weighted by atomic mass is 10.4. The van der Waals surface area contributed by atoms with Crippen molar-refractivity contribution in [1.29, 1.82) is 0 Å². The van der Waals surface area contributed by atoms with Crippen LogP contribution in [0.2, 0.25) is 0 Å². The van der Waals surface area contributed by atoms with E-state index in [0.29, 0.717) is 13.0 Å². The Morgan fingerprint density at radius 3 is 2.77 bits per heavy atom. The van der Waals surface area contributed by atoms with Gasteiger partial charge in [0.1, 0.15) is 0 Å². The normalized spacial score (nSPS) is 10.7. The first-order chi connectivity index (χ1) is 10.8. The third kappa shape index (κ3) is 3.65. The molecule has 2 heterocycles. The summed E-state index contributed by atoms with van der Waals surface area (Å²) < 4.78 is 1.87. The molecule has 112 valence electrons. The number of rotatable bonds is 6. The van der Waals surface area contributed by atoms with Crippen LogP contribution in [0, 0.1) is 0 Å². The number of nitrogens with zero attached hydrogens (tertiary/aromatic N) is 3. The summed E-state index contributed by atoms with van der Waals surface area (Å²) in [7, 11) is 0. The van der Waals surface area contributed by atoms with Gasteiger partial charge < -0.3 is 5.32 Å². The summed E-state index contributed by atoms with van der Waals surface area (Å²) in [6.45, 7) is 0.389. The SMILES string of the molecule is O=C(CCSc1ccccc1)NCc1nnc2ccccn12. The van der Waals surface area contributed by atoms with E-state index in [4.69, 9.17) is 0 Å². The van der Waals surface area contributed by atoms with Crippen LogP contribution in [0.3, 0.4) is 0 Å². The molecule has 2 aromatic heterocycles. The maximum atomic E-state index is 11.9. The predicted molar refractivity (Wildman–Crippen MR) is 86.6 cm³/mol. The van der Waals surface area contributed by atoms with E-state index in [1.54, 1.807) is 11.8 Å². The molecule has 22 heavy (non-hydrogen) atoms. The number of carbonyl (C=O) groups excluding carboxylic acids is 1. The van der Waals surface area contributed by atoms with E-state index >= 15 is 0 Å². The topological polar surface area (TPSA) is 59.3 Å².